The van der Waals surface area contributed by atoms with Crippen molar-refractivity contribution in [3.05, 3.63) is 46.0 Å². The number of aliphatic hydroxyl groups excluding tert-OH is 1. The number of carbonyl (C=O) groups is 1. The maximum Gasteiger partial charge on any atom is 0.270 e. The minimum absolute atomic E-state index is 0.00275. The quantitative estimate of drug-likeness (QED) is 0.513. The van der Waals surface area contributed by atoms with Gasteiger partial charge in [0.1, 0.15) is 0 Å². The zero-order valence-electron chi connectivity index (χ0n) is 12.5. The molecule has 0 spiro atoms. The summed E-state index contributed by atoms with van der Waals surface area (Å²) < 4.78 is 0. The van der Waals surface area contributed by atoms with Crippen LogP contribution in [0.4, 0.5) is 5.69 Å². The lowest BCUT2D eigenvalue weighted by molar-refractivity contribution is -0.384. The molecule has 0 bridgehead atoms. The van der Waals surface area contributed by atoms with Gasteiger partial charge in [0.25, 0.3) is 5.69 Å². The van der Waals surface area contributed by atoms with Crippen LogP contribution in [-0.2, 0) is 4.79 Å². The van der Waals surface area contributed by atoms with Crippen molar-refractivity contribution in [2.75, 3.05) is 13.6 Å². The van der Waals surface area contributed by atoms with E-state index in [0.29, 0.717) is 12.1 Å². The van der Waals surface area contributed by atoms with E-state index in [1.54, 1.807) is 30.2 Å². The highest BCUT2D eigenvalue weighted by atomic mass is 16.6. The predicted octanol–water partition coefficient (Wildman–Crippen LogP) is 2.23. The first-order valence-corrected chi connectivity index (χ1v) is 7.33. The topological polar surface area (TPSA) is 83.7 Å². The molecule has 1 aromatic rings. The first kappa shape index (κ1) is 16.2. The number of benzene rings is 1. The molecule has 1 aromatic carbocycles. The molecule has 1 N–H and O–H groups in total. The monoisotopic (exact) mass is 304 g/mol. The van der Waals surface area contributed by atoms with Crippen LogP contribution in [0.3, 0.4) is 0 Å². The highest BCUT2D eigenvalue weighted by Gasteiger charge is 2.26. The lowest BCUT2D eigenvalue weighted by atomic mass is 10.1. The van der Waals surface area contributed by atoms with Crippen molar-refractivity contribution < 1.29 is 14.8 Å². The van der Waals surface area contributed by atoms with E-state index in [1.165, 1.54) is 18.2 Å². The molecular formula is C16H20N2O4. The zero-order valence-corrected chi connectivity index (χ0v) is 12.5. The number of aliphatic hydroxyl groups is 1. The van der Waals surface area contributed by atoms with E-state index in [2.05, 4.69) is 0 Å². The Labute approximate surface area is 129 Å². The minimum Gasteiger partial charge on any atom is -0.393 e. The fourth-order valence-corrected chi connectivity index (χ4v) is 2.71. The predicted molar refractivity (Wildman–Crippen MR) is 83.1 cm³/mol. The normalized spacial score (nSPS) is 21.2. The number of amides is 1. The first-order valence-electron chi connectivity index (χ1n) is 7.33. The molecule has 22 heavy (non-hydrogen) atoms. The number of rotatable bonds is 5. The number of nitrogens with zero attached hydrogens (tertiary/aromatic N) is 2. The Morgan fingerprint density at radius 2 is 2.27 bits per heavy atom. The van der Waals surface area contributed by atoms with Gasteiger partial charge in [-0.1, -0.05) is 18.6 Å². The van der Waals surface area contributed by atoms with Gasteiger partial charge in [0, 0.05) is 37.7 Å². The van der Waals surface area contributed by atoms with Crippen LogP contribution in [0.2, 0.25) is 0 Å². The van der Waals surface area contributed by atoms with E-state index >= 15 is 0 Å². The Bertz CT molecular complexity index is 585. The van der Waals surface area contributed by atoms with Crippen molar-refractivity contribution in [3.63, 3.8) is 0 Å². The van der Waals surface area contributed by atoms with E-state index < -0.39 is 4.92 Å². The standard InChI is InChI=1S/C16H20N2O4/c1-17(11-13-5-3-7-15(13)19)16(20)9-8-12-4-2-6-14(10-12)18(21)22/h2,4,6,8-10,13,15,19H,3,5,7,11H2,1H3/b9-8+. The first-order chi connectivity index (χ1) is 10.5. The molecule has 2 rings (SSSR count). The van der Waals surface area contributed by atoms with E-state index in [9.17, 15) is 20.0 Å². The molecule has 0 saturated heterocycles. The Morgan fingerprint density at radius 3 is 2.91 bits per heavy atom. The number of nitro groups is 1. The Kier molecular flexibility index (Phi) is 5.27. The Hall–Kier alpha value is -2.21. The van der Waals surface area contributed by atoms with Crippen LogP contribution in [0, 0.1) is 16.0 Å². The molecular weight excluding hydrogens is 284 g/mol. The molecule has 1 fully saturated rings. The molecule has 1 aliphatic carbocycles. The van der Waals surface area contributed by atoms with Crippen molar-refractivity contribution in [3.8, 4) is 0 Å². The molecule has 0 heterocycles. The maximum atomic E-state index is 12.1. The third kappa shape index (κ3) is 4.14. The summed E-state index contributed by atoms with van der Waals surface area (Å²) in [4.78, 5) is 23.9. The number of nitro benzene ring substituents is 1. The lowest BCUT2D eigenvalue weighted by Gasteiger charge is -2.22. The maximum absolute atomic E-state index is 12.1. The van der Waals surface area contributed by atoms with Crippen molar-refractivity contribution >= 4 is 17.7 Å². The second kappa shape index (κ2) is 7.17. The van der Waals surface area contributed by atoms with Gasteiger partial charge in [-0.15, -0.1) is 0 Å². The number of carbonyl (C=O) groups excluding carboxylic acids is 1. The number of non-ortho nitro benzene ring substituents is 1. The van der Waals surface area contributed by atoms with Crippen molar-refractivity contribution in [2.45, 2.75) is 25.4 Å². The molecule has 6 heteroatoms. The van der Waals surface area contributed by atoms with Gasteiger partial charge in [0.05, 0.1) is 11.0 Å². The summed E-state index contributed by atoms with van der Waals surface area (Å²) in [6.07, 6.45) is 5.38. The Balaban J connectivity index is 1.95. The van der Waals surface area contributed by atoms with Crippen molar-refractivity contribution in [2.24, 2.45) is 5.92 Å². The fourth-order valence-electron chi connectivity index (χ4n) is 2.71. The molecule has 0 aromatic heterocycles. The van der Waals surface area contributed by atoms with Crippen molar-refractivity contribution in [1.82, 2.24) is 4.90 Å². The van der Waals surface area contributed by atoms with Crippen molar-refractivity contribution in [1.29, 1.82) is 0 Å². The van der Waals surface area contributed by atoms with Gasteiger partial charge in [-0.2, -0.15) is 0 Å². The van der Waals surface area contributed by atoms with Crippen LogP contribution in [0.15, 0.2) is 30.3 Å². The molecule has 118 valence electrons. The molecule has 2 unspecified atom stereocenters. The molecule has 1 aliphatic rings. The number of hydrogen-bond acceptors (Lipinski definition) is 4. The van der Waals surface area contributed by atoms with Gasteiger partial charge in [0.2, 0.25) is 5.91 Å². The van der Waals surface area contributed by atoms with Gasteiger partial charge in [-0.25, -0.2) is 0 Å². The lowest BCUT2D eigenvalue weighted by Crippen LogP contribution is -2.33. The summed E-state index contributed by atoms with van der Waals surface area (Å²) in [7, 11) is 1.70. The van der Waals surface area contributed by atoms with E-state index in [-0.39, 0.29) is 23.6 Å². The van der Waals surface area contributed by atoms with E-state index in [1.807, 2.05) is 0 Å². The van der Waals surface area contributed by atoms with Crippen LogP contribution in [0.1, 0.15) is 24.8 Å². The molecule has 0 radical (unpaired) electrons. The minimum atomic E-state index is -0.466. The van der Waals surface area contributed by atoms with Crippen LogP contribution in [-0.4, -0.2) is 40.5 Å². The highest BCUT2D eigenvalue weighted by Crippen LogP contribution is 2.26. The third-order valence-corrected chi connectivity index (χ3v) is 4.00. The summed E-state index contributed by atoms with van der Waals surface area (Å²) in [6.45, 7) is 0.527. The largest absolute Gasteiger partial charge is 0.393 e. The van der Waals surface area contributed by atoms with Crippen LogP contribution >= 0.6 is 0 Å². The smallest absolute Gasteiger partial charge is 0.270 e. The van der Waals surface area contributed by atoms with Gasteiger partial charge >= 0.3 is 0 Å². The average Bonchev–Trinajstić information content (AvgIpc) is 2.90. The van der Waals surface area contributed by atoms with E-state index in [4.69, 9.17) is 0 Å². The zero-order chi connectivity index (χ0) is 16.1. The van der Waals surface area contributed by atoms with Gasteiger partial charge in [-0.3, -0.25) is 14.9 Å². The molecule has 2 atom stereocenters. The number of likely N-dealkylation sites (N-methyl/N-ethyl adjacent to an activating group) is 1. The fraction of sp³-hybridized carbons (Fsp3) is 0.438. The van der Waals surface area contributed by atoms with Gasteiger partial charge in [0.15, 0.2) is 0 Å². The Morgan fingerprint density at radius 1 is 1.50 bits per heavy atom. The molecule has 0 aliphatic heterocycles. The second-order valence-corrected chi connectivity index (χ2v) is 5.66. The molecule has 6 nitrogen and oxygen atoms in total. The van der Waals surface area contributed by atoms with Crippen LogP contribution in [0.5, 0.6) is 0 Å². The molecule has 1 saturated carbocycles. The van der Waals surface area contributed by atoms with Gasteiger partial charge < -0.3 is 10.0 Å². The van der Waals surface area contributed by atoms with Crippen LogP contribution in [0.25, 0.3) is 6.08 Å². The number of hydrogen-bond donors (Lipinski definition) is 1. The summed E-state index contributed by atoms with van der Waals surface area (Å²) in [5.74, 6) is -0.0363. The summed E-state index contributed by atoms with van der Waals surface area (Å²) in [5, 5.41) is 20.5. The summed E-state index contributed by atoms with van der Waals surface area (Å²) in [5.41, 5.74) is 0.605. The average molecular weight is 304 g/mol. The summed E-state index contributed by atoms with van der Waals surface area (Å²) in [6, 6.07) is 6.12. The SMILES string of the molecule is CN(CC1CCCC1O)C(=O)/C=C/c1cccc([N+](=O)[O-])c1. The summed E-state index contributed by atoms with van der Waals surface area (Å²) >= 11 is 0. The van der Waals surface area contributed by atoms with Gasteiger partial charge in [-0.05, 0) is 24.5 Å². The van der Waals surface area contributed by atoms with Crippen LogP contribution < -0.4 is 0 Å². The second-order valence-electron chi connectivity index (χ2n) is 5.66. The highest BCUT2D eigenvalue weighted by molar-refractivity contribution is 5.91. The molecule has 1 amide bonds. The van der Waals surface area contributed by atoms with E-state index in [0.717, 1.165) is 19.3 Å². The third-order valence-electron chi connectivity index (χ3n) is 4.00.